The number of unbranched alkanes of at least 4 members (excludes halogenated alkanes) is 3. The van der Waals surface area contributed by atoms with Crippen LogP contribution in [0, 0.1) is 0 Å². The number of hydrogen-bond donors (Lipinski definition) is 2. The number of hydrogen-bond acceptors (Lipinski definition) is 2. The maximum atomic E-state index is 11.0. The molecule has 15 heavy (non-hydrogen) atoms. The van der Waals surface area contributed by atoms with Gasteiger partial charge in [0.15, 0.2) is 0 Å². The summed E-state index contributed by atoms with van der Waals surface area (Å²) in [5.41, 5.74) is 5.16. The molecule has 3 N–H and O–H groups in total. The van der Waals surface area contributed by atoms with E-state index < -0.39 is 0 Å². The first-order chi connectivity index (χ1) is 7.04. The standard InChI is InChI=1S/C12H26N2O/c1-4-6-7-8-9-12(3,14-5-2)10-11(13)15/h14H,4-10H2,1-3H3,(H2,13,15). The van der Waals surface area contributed by atoms with Crippen molar-refractivity contribution in [3.8, 4) is 0 Å². The molecule has 0 saturated heterocycles. The highest BCUT2D eigenvalue weighted by Crippen LogP contribution is 2.18. The Balaban J connectivity index is 3.95. The summed E-state index contributed by atoms with van der Waals surface area (Å²) >= 11 is 0. The average Bonchev–Trinajstić information content (AvgIpc) is 2.11. The molecule has 90 valence electrons. The normalized spacial score (nSPS) is 14.9. The molecule has 1 atom stereocenters. The van der Waals surface area contributed by atoms with Crippen molar-refractivity contribution < 1.29 is 4.79 Å². The number of carbonyl (C=O) groups excluding carboxylic acids is 1. The maximum Gasteiger partial charge on any atom is 0.219 e. The molecule has 0 saturated carbocycles. The molecule has 0 radical (unpaired) electrons. The molecule has 0 bridgehead atoms. The molecule has 0 spiro atoms. The van der Waals surface area contributed by atoms with E-state index in [0.717, 1.165) is 13.0 Å². The van der Waals surface area contributed by atoms with E-state index in [1.54, 1.807) is 0 Å². The van der Waals surface area contributed by atoms with Crippen LogP contribution in [0.25, 0.3) is 0 Å². The second kappa shape index (κ2) is 7.69. The van der Waals surface area contributed by atoms with E-state index in [-0.39, 0.29) is 11.4 Å². The highest BCUT2D eigenvalue weighted by atomic mass is 16.1. The lowest BCUT2D eigenvalue weighted by Gasteiger charge is -2.29. The van der Waals surface area contributed by atoms with E-state index in [1.165, 1.54) is 25.7 Å². The van der Waals surface area contributed by atoms with Crippen LogP contribution in [0.5, 0.6) is 0 Å². The predicted octanol–water partition coefficient (Wildman–Crippen LogP) is 2.20. The first kappa shape index (κ1) is 14.4. The van der Waals surface area contributed by atoms with Crippen LogP contribution >= 0.6 is 0 Å². The van der Waals surface area contributed by atoms with Crippen LogP contribution in [0.2, 0.25) is 0 Å². The average molecular weight is 214 g/mol. The lowest BCUT2D eigenvalue weighted by Crippen LogP contribution is -2.45. The summed E-state index contributed by atoms with van der Waals surface area (Å²) in [4.78, 5) is 11.0. The zero-order valence-corrected chi connectivity index (χ0v) is 10.4. The highest BCUT2D eigenvalue weighted by molar-refractivity contribution is 5.75. The molecule has 1 amide bonds. The SMILES string of the molecule is CCCCCCC(C)(CC(N)=O)NCC. The molecule has 0 aromatic rings. The minimum absolute atomic E-state index is 0.103. The molecular formula is C12H26N2O. The van der Waals surface area contributed by atoms with E-state index in [4.69, 9.17) is 5.73 Å². The van der Waals surface area contributed by atoms with Gasteiger partial charge in [-0.15, -0.1) is 0 Å². The largest absolute Gasteiger partial charge is 0.370 e. The second-order valence-electron chi connectivity index (χ2n) is 4.54. The molecule has 1 unspecified atom stereocenters. The van der Waals surface area contributed by atoms with Crippen molar-refractivity contribution in [3.63, 3.8) is 0 Å². The molecule has 0 aliphatic rings. The van der Waals surface area contributed by atoms with Gasteiger partial charge in [-0.3, -0.25) is 4.79 Å². The monoisotopic (exact) mass is 214 g/mol. The second-order valence-corrected chi connectivity index (χ2v) is 4.54. The van der Waals surface area contributed by atoms with Gasteiger partial charge in [-0.05, 0) is 19.9 Å². The fraction of sp³-hybridized carbons (Fsp3) is 0.917. The van der Waals surface area contributed by atoms with Gasteiger partial charge in [-0.2, -0.15) is 0 Å². The van der Waals surface area contributed by atoms with Crippen molar-refractivity contribution in [2.24, 2.45) is 5.73 Å². The number of amides is 1. The molecule has 0 aromatic heterocycles. The van der Waals surface area contributed by atoms with Gasteiger partial charge in [0.1, 0.15) is 0 Å². The lowest BCUT2D eigenvalue weighted by atomic mass is 9.90. The fourth-order valence-electron chi connectivity index (χ4n) is 1.99. The molecule has 0 aromatic carbocycles. The van der Waals surface area contributed by atoms with Crippen molar-refractivity contribution in [2.45, 2.75) is 64.8 Å². The van der Waals surface area contributed by atoms with Crippen LogP contribution in [-0.2, 0) is 4.79 Å². The minimum Gasteiger partial charge on any atom is -0.370 e. The third-order valence-electron chi connectivity index (χ3n) is 2.75. The van der Waals surface area contributed by atoms with E-state index in [2.05, 4.69) is 26.1 Å². The number of primary amides is 1. The molecule has 0 rings (SSSR count). The number of nitrogens with two attached hydrogens (primary N) is 1. The molecule has 0 aliphatic heterocycles. The van der Waals surface area contributed by atoms with Gasteiger partial charge < -0.3 is 11.1 Å². The van der Waals surface area contributed by atoms with Crippen LogP contribution in [0.15, 0.2) is 0 Å². The first-order valence-corrected chi connectivity index (χ1v) is 6.07. The van der Waals surface area contributed by atoms with Crippen molar-refractivity contribution in [3.05, 3.63) is 0 Å². The third kappa shape index (κ3) is 7.37. The summed E-state index contributed by atoms with van der Waals surface area (Å²) in [5, 5.41) is 3.37. The Hall–Kier alpha value is -0.570. The molecule has 3 nitrogen and oxygen atoms in total. The van der Waals surface area contributed by atoms with Gasteiger partial charge in [0, 0.05) is 12.0 Å². The van der Waals surface area contributed by atoms with E-state index >= 15 is 0 Å². The van der Waals surface area contributed by atoms with E-state index in [0.29, 0.717) is 6.42 Å². The Morgan fingerprint density at radius 1 is 1.27 bits per heavy atom. The summed E-state index contributed by atoms with van der Waals surface area (Å²) < 4.78 is 0. The number of nitrogens with one attached hydrogen (secondary N) is 1. The molecule has 0 heterocycles. The molecule has 0 aliphatic carbocycles. The molecular weight excluding hydrogens is 188 g/mol. The highest BCUT2D eigenvalue weighted by Gasteiger charge is 2.24. The summed E-state index contributed by atoms with van der Waals surface area (Å²) in [6, 6.07) is 0. The quantitative estimate of drug-likeness (QED) is 0.578. The Morgan fingerprint density at radius 3 is 2.40 bits per heavy atom. The Labute approximate surface area is 93.8 Å². The first-order valence-electron chi connectivity index (χ1n) is 6.07. The van der Waals surface area contributed by atoms with Crippen LogP contribution in [0.1, 0.15) is 59.3 Å². The zero-order valence-electron chi connectivity index (χ0n) is 10.4. The van der Waals surface area contributed by atoms with Gasteiger partial charge in [0.2, 0.25) is 5.91 Å². The Morgan fingerprint density at radius 2 is 1.93 bits per heavy atom. The van der Waals surface area contributed by atoms with Gasteiger partial charge >= 0.3 is 0 Å². The van der Waals surface area contributed by atoms with Crippen molar-refractivity contribution in [1.29, 1.82) is 0 Å². The summed E-state index contributed by atoms with van der Waals surface area (Å²) in [7, 11) is 0. The van der Waals surface area contributed by atoms with Crippen molar-refractivity contribution in [2.75, 3.05) is 6.54 Å². The number of carbonyl (C=O) groups is 1. The minimum atomic E-state index is -0.214. The Kier molecular flexibility index (Phi) is 7.39. The van der Waals surface area contributed by atoms with Gasteiger partial charge in [0.25, 0.3) is 0 Å². The van der Waals surface area contributed by atoms with E-state index in [1.807, 2.05) is 0 Å². The summed E-state index contributed by atoms with van der Waals surface area (Å²) in [6.07, 6.45) is 6.41. The van der Waals surface area contributed by atoms with Crippen LogP contribution in [0.4, 0.5) is 0 Å². The molecule has 3 heteroatoms. The fourth-order valence-corrected chi connectivity index (χ4v) is 1.99. The zero-order chi connectivity index (χ0) is 11.7. The van der Waals surface area contributed by atoms with Gasteiger partial charge in [-0.25, -0.2) is 0 Å². The third-order valence-corrected chi connectivity index (χ3v) is 2.75. The van der Waals surface area contributed by atoms with Crippen LogP contribution in [0.3, 0.4) is 0 Å². The summed E-state index contributed by atoms with van der Waals surface area (Å²) in [6.45, 7) is 7.24. The number of rotatable bonds is 9. The smallest absolute Gasteiger partial charge is 0.219 e. The van der Waals surface area contributed by atoms with Crippen LogP contribution in [-0.4, -0.2) is 18.0 Å². The van der Waals surface area contributed by atoms with Crippen LogP contribution < -0.4 is 11.1 Å². The van der Waals surface area contributed by atoms with E-state index in [9.17, 15) is 4.79 Å². The topological polar surface area (TPSA) is 55.1 Å². The van der Waals surface area contributed by atoms with Crippen molar-refractivity contribution >= 4 is 5.91 Å². The van der Waals surface area contributed by atoms with Crippen molar-refractivity contribution in [1.82, 2.24) is 5.32 Å². The van der Waals surface area contributed by atoms with Gasteiger partial charge in [-0.1, -0.05) is 39.5 Å². The lowest BCUT2D eigenvalue weighted by molar-refractivity contribution is -0.119. The van der Waals surface area contributed by atoms with Gasteiger partial charge in [0.05, 0.1) is 0 Å². The Bertz CT molecular complexity index is 182. The molecule has 0 fully saturated rings. The predicted molar refractivity (Wildman–Crippen MR) is 64.7 cm³/mol. The summed E-state index contributed by atoms with van der Waals surface area (Å²) in [5.74, 6) is -0.214. The maximum absolute atomic E-state index is 11.0.